The average Bonchev–Trinajstić information content (AvgIpc) is 4.17. The molecule has 0 amide bonds. The van der Waals surface area contributed by atoms with Crippen LogP contribution in [-0.2, 0) is 20.4 Å². The van der Waals surface area contributed by atoms with Crippen molar-refractivity contribution < 1.29 is 32.8 Å². The van der Waals surface area contributed by atoms with Crippen LogP contribution >= 0.6 is 0 Å². The second kappa shape index (κ2) is 28.1. The van der Waals surface area contributed by atoms with Gasteiger partial charge in [0.05, 0.1) is 0 Å². The van der Waals surface area contributed by atoms with E-state index in [0.29, 0.717) is 0 Å². The van der Waals surface area contributed by atoms with Crippen LogP contribution in [0.1, 0.15) is 107 Å². The first kappa shape index (κ1) is 58.0. The number of hydrogen-bond donors (Lipinski definition) is 0. The zero-order valence-electron chi connectivity index (χ0n) is 46.3. The van der Waals surface area contributed by atoms with Crippen LogP contribution in [0.3, 0.4) is 0 Å². The molecular weight excluding hydrogens is 1110 g/mol. The fourth-order valence-electron chi connectivity index (χ4n) is 11.8. The third-order valence-electron chi connectivity index (χ3n) is 15.2. The summed E-state index contributed by atoms with van der Waals surface area (Å²) >= 11 is 0. The molecule has 0 bridgehead atoms. The Labute approximate surface area is 506 Å². The topological polar surface area (TPSA) is 6.48 Å². The molecule has 82 heavy (non-hydrogen) atoms. The van der Waals surface area contributed by atoms with E-state index in [2.05, 4.69) is 316 Å². The Morgan fingerprint density at radius 3 is 0.720 bits per heavy atom. The van der Waals surface area contributed by atoms with E-state index in [0.717, 1.165) is 0 Å². The number of rotatable bonds is 16. The van der Waals surface area contributed by atoms with Crippen molar-refractivity contribution in [2.75, 3.05) is 9.80 Å². The second-order valence-corrected chi connectivity index (χ2v) is 20.6. The largest absolute Gasteiger partial charge is 1.00 e. The van der Waals surface area contributed by atoms with Crippen molar-refractivity contribution in [1.82, 2.24) is 0 Å². The number of halogens is 1. The molecule has 0 saturated carbocycles. The SMILES string of the molecule is C=C[CH-]c1ccccc1.Cc1cc(C(c2ccccc2)c2ccccc2)c(N2C=CN(c3c(C(c4ccccc4)c4ccccc4)cc(C)cc3C(c3ccccc3)c3ccccc3)[CH-]2)c(C(c2ccccc2)c2ccccc2)c1.[Cl-].[Pd]. The van der Waals surface area contributed by atoms with Crippen LogP contribution in [0.4, 0.5) is 11.4 Å². The van der Waals surface area contributed by atoms with Crippen LogP contribution in [0.2, 0.25) is 0 Å². The minimum Gasteiger partial charge on any atom is -1.00 e. The molecular formula is C78H66ClN2Pd-3. The molecule has 11 aromatic carbocycles. The molecule has 0 spiro atoms. The Kier molecular flexibility index (Phi) is 19.9. The van der Waals surface area contributed by atoms with E-state index in [4.69, 9.17) is 0 Å². The maximum absolute atomic E-state index is 3.60. The minimum atomic E-state index is -0.0549. The summed E-state index contributed by atoms with van der Waals surface area (Å²) in [7, 11) is 0. The van der Waals surface area contributed by atoms with Gasteiger partial charge >= 0.3 is 0 Å². The molecule has 0 saturated heterocycles. The second-order valence-electron chi connectivity index (χ2n) is 20.6. The Hall–Kier alpha value is -8.68. The molecule has 0 radical (unpaired) electrons. The summed E-state index contributed by atoms with van der Waals surface area (Å²) in [5.41, 5.74) is 21.0. The fourth-order valence-corrected chi connectivity index (χ4v) is 11.8. The van der Waals surface area contributed by atoms with E-state index in [1.54, 1.807) is 6.08 Å². The van der Waals surface area contributed by atoms with Gasteiger partial charge in [0.15, 0.2) is 0 Å². The molecule has 12 rings (SSSR count). The standard InChI is InChI=1S/C69H57N2.C9H9.ClH.Pd/c1-50-45-60(64(52-27-11-3-12-28-52)53-29-13-4-14-30-53)68(61(46-50)65(54-31-15-5-16-32-54)55-33-17-6-18-34-55)70-43-44-71(49-70)69-62(66(56-35-19-7-20-36-56)57-37-21-8-22-38-57)47-51(2)48-63(69)67(58-39-23-9-24-40-58)59-41-25-10-26-42-59;1-2-6-9-7-4-3-5-8-9;;/h3-49,64-67H,1-2H3;2-8H,1H2;1H;/q2*-1;;/p-1. The van der Waals surface area contributed by atoms with Gasteiger partial charge in [-0.1, -0.05) is 284 Å². The van der Waals surface area contributed by atoms with Crippen LogP contribution in [0.25, 0.3) is 0 Å². The van der Waals surface area contributed by atoms with Gasteiger partial charge in [-0.25, -0.2) is 0 Å². The zero-order valence-corrected chi connectivity index (χ0v) is 48.6. The maximum Gasteiger partial charge on any atom is 0.0359 e. The molecule has 1 heterocycles. The maximum atomic E-state index is 3.60. The molecule has 2 nitrogen and oxygen atoms in total. The normalized spacial score (nSPS) is 11.7. The predicted molar refractivity (Wildman–Crippen MR) is 336 cm³/mol. The minimum absolute atomic E-state index is 0. The molecule has 0 N–H and O–H groups in total. The number of nitrogens with zero attached hydrogens (tertiary/aromatic N) is 2. The van der Waals surface area contributed by atoms with Gasteiger partial charge in [-0.3, -0.25) is 0 Å². The molecule has 4 heteroatoms. The van der Waals surface area contributed by atoms with Crippen LogP contribution in [0, 0.1) is 26.9 Å². The van der Waals surface area contributed by atoms with E-state index in [1.165, 1.54) is 94.8 Å². The molecule has 1 aliphatic heterocycles. The number of allylic oxidation sites excluding steroid dienone is 1. The van der Waals surface area contributed by atoms with Crippen molar-refractivity contribution >= 4 is 11.4 Å². The Morgan fingerprint density at radius 1 is 0.329 bits per heavy atom. The van der Waals surface area contributed by atoms with Crippen molar-refractivity contribution in [1.29, 1.82) is 0 Å². The van der Waals surface area contributed by atoms with Gasteiger partial charge in [-0.05, 0) is 93.0 Å². The number of hydrogen-bond acceptors (Lipinski definition) is 2. The molecule has 1 aliphatic rings. The summed E-state index contributed by atoms with van der Waals surface area (Å²) in [6.45, 7) is 10.5. The van der Waals surface area contributed by atoms with E-state index in [9.17, 15) is 0 Å². The van der Waals surface area contributed by atoms with Gasteiger partial charge in [-0.15, -0.1) is 42.9 Å². The smallest absolute Gasteiger partial charge is 0.0359 e. The van der Waals surface area contributed by atoms with Crippen LogP contribution in [-0.4, -0.2) is 0 Å². The number of benzene rings is 11. The summed E-state index contributed by atoms with van der Waals surface area (Å²) < 4.78 is 0. The molecule has 0 aliphatic carbocycles. The summed E-state index contributed by atoms with van der Waals surface area (Å²) in [6.07, 6.45) is 8.35. The van der Waals surface area contributed by atoms with Gasteiger partial charge in [0.25, 0.3) is 0 Å². The van der Waals surface area contributed by atoms with E-state index < -0.39 is 0 Å². The van der Waals surface area contributed by atoms with Crippen molar-refractivity contribution in [3.05, 3.63) is 419 Å². The summed E-state index contributed by atoms with van der Waals surface area (Å²) in [4.78, 5) is 4.85. The first-order chi connectivity index (χ1) is 39.5. The van der Waals surface area contributed by atoms with Gasteiger partial charge < -0.3 is 22.2 Å². The van der Waals surface area contributed by atoms with Crippen LogP contribution < -0.4 is 22.2 Å². The van der Waals surface area contributed by atoms with E-state index in [-0.39, 0.29) is 56.5 Å². The molecule has 0 fully saturated rings. The Morgan fingerprint density at radius 2 is 0.524 bits per heavy atom. The number of aryl methyl sites for hydroxylation is 2. The summed E-state index contributed by atoms with van der Waals surface area (Å²) in [5.74, 6) is -0.220. The first-order valence-electron chi connectivity index (χ1n) is 27.8. The van der Waals surface area contributed by atoms with Crippen molar-refractivity contribution in [3.8, 4) is 0 Å². The number of anilines is 2. The Balaban J connectivity index is 0.000000674. The first-order valence-corrected chi connectivity index (χ1v) is 27.8. The quantitative estimate of drug-likeness (QED) is 0.0540. The molecule has 11 aromatic rings. The van der Waals surface area contributed by atoms with Gasteiger partial charge in [0.1, 0.15) is 0 Å². The molecule has 408 valence electrons. The molecule has 0 atom stereocenters. The van der Waals surface area contributed by atoms with Crippen LogP contribution in [0.5, 0.6) is 0 Å². The molecule has 0 aromatic heterocycles. The van der Waals surface area contributed by atoms with E-state index >= 15 is 0 Å². The van der Waals surface area contributed by atoms with Gasteiger partial charge in [0.2, 0.25) is 0 Å². The zero-order chi connectivity index (χ0) is 54.5. The third kappa shape index (κ3) is 13.2. The predicted octanol–water partition coefficient (Wildman–Crippen LogP) is 16.4. The monoisotopic (exact) mass is 1170 g/mol. The van der Waals surface area contributed by atoms with Crippen LogP contribution in [0.15, 0.2) is 322 Å². The van der Waals surface area contributed by atoms with Gasteiger partial charge in [0, 0.05) is 55.5 Å². The average molecular weight is 1170 g/mol. The van der Waals surface area contributed by atoms with Crippen molar-refractivity contribution in [2.45, 2.75) is 37.5 Å². The third-order valence-corrected chi connectivity index (χ3v) is 15.2. The van der Waals surface area contributed by atoms with Gasteiger partial charge in [-0.2, -0.15) is 12.7 Å². The van der Waals surface area contributed by atoms with E-state index in [1.807, 2.05) is 36.8 Å². The van der Waals surface area contributed by atoms with Crippen molar-refractivity contribution in [3.63, 3.8) is 0 Å². The Bertz CT molecular complexity index is 3160. The summed E-state index contributed by atoms with van der Waals surface area (Å²) in [5, 5.41) is 0. The fraction of sp³-hybridized carbons (Fsp3) is 0.0769. The molecule has 0 unspecified atom stereocenters. The van der Waals surface area contributed by atoms with Crippen molar-refractivity contribution in [2.24, 2.45) is 0 Å². The summed E-state index contributed by atoms with van der Waals surface area (Å²) in [6, 6.07) is 108.